The van der Waals surface area contributed by atoms with Gasteiger partial charge >= 0.3 is 0 Å². The summed E-state index contributed by atoms with van der Waals surface area (Å²) in [6, 6.07) is 9.56. The van der Waals surface area contributed by atoms with Crippen LogP contribution in [0.15, 0.2) is 36.4 Å². The van der Waals surface area contributed by atoms with E-state index in [4.69, 9.17) is 16.3 Å². The third kappa shape index (κ3) is 2.57. The average molecular weight is 267 g/mol. The second kappa shape index (κ2) is 5.27. The van der Waals surface area contributed by atoms with Crippen LogP contribution < -0.4 is 4.74 Å². The molecule has 0 aliphatic heterocycles. The minimum absolute atomic E-state index is 0.0170. The molecule has 2 rings (SSSR count). The van der Waals surface area contributed by atoms with Gasteiger partial charge in [-0.1, -0.05) is 23.7 Å². The van der Waals surface area contributed by atoms with Gasteiger partial charge in [-0.25, -0.2) is 4.39 Å². The molecule has 0 saturated heterocycles. The maximum atomic E-state index is 13.1. The monoisotopic (exact) mass is 266 g/mol. The molecule has 0 spiro atoms. The van der Waals surface area contributed by atoms with Crippen LogP contribution in [-0.2, 0) is 0 Å². The molecule has 18 heavy (non-hydrogen) atoms. The first-order valence-electron chi connectivity index (χ1n) is 5.53. The van der Waals surface area contributed by atoms with Crippen molar-refractivity contribution in [3.05, 3.63) is 47.2 Å². The second-order valence-corrected chi connectivity index (χ2v) is 4.15. The van der Waals surface area contributed by atoms with Gasteiger partial charge in [0.1, 0.15) is 17.3 Å². The summed E-state index contributed by atoms with van der Waals surface area (Å²) in [5, 5.41) is 9.70. The van der Waals surface area contributed by atoms with E-state index >= 15 is 0 Å². The van der Waals surface area contributed by atoms with E-state index in [-0.39, 0.29) is 10.8 Å². The van der Waals surface area contributed by atoms with Gasteiger partial charge in [-0.15, -0.1) is 0 Å². The zero-order valence-corrected chi connectivity index (χ0v) is 10.5. The van der Waals surface area contributed by atoms with Crippen molar-refractivity contribution in [3.8, 4) is 22.6 Å². The van der Waals surface area contributed by atoms with E-state index in [9.17, 15) is 9.50 Å². The van der Waals surface area contributed by atoms with Crippen LogP contribution in [0.2, 0.25) is 5.02 Å². The molecule has 0 saturated carbocycles. The number of benzene rings is 2. The van der Waals surface area contributed by atoms with Gasteiger partial charge in [0.05, 0.1) is 11.6 Å². The number of hydrogen-bond donors (Lipinski definition) is 1. The van der Waals surface area contributed by atoms with Crippen LogP contribution in [0, 0.1) is 5.82 Å². The molecule has 2 aromatic carbocycles. The van der Waals surface area contributed by atoms with Gasteiger partial charge in [0, 0.05) is 11.6 Å². The maximum absolute atomic E-state index is 13.1. The quantitative estimate of drug-likeness (QED) is 0.900. The molecule has 0 unspecified atom stereocenters. The lowest BCUT2D eigenvalue weighted by Crippen LogP contribution is -1.90. The Balaban J connectivity index is 2.39. The minimum Gasteiger partial charge on any atom is -0.507 e. The Labute approximate surface area is 110 Å². The van der Waals surface area contributed by atoms with Crippen LogP contribution in [0.4, 0.5) is 4.39 Å². The van der Waals surface area contributed by atoms with Crippen LogP contribution in [0.1, 0.15) is 6.92 Å². The molecule has 1 N–H and O–H groups in total. The maximum Gasteiger partial charge on any atom is 0.145 e. The van der Waals surface area contributed by atoms with Crippen molar-refractivity contribution in [2.75, 3.05) is 6.61 Å². The molecule has 0 aliphatic rings. The van der Waals surface area contributed by atoms with Gasteiger partial charge < -0.3 is 9.84 Å². The summed E-state index contributed by atoms with van der Waals surface area (Å²) in [7, 11) is 0. The summed E-state index contributed by atoms with van der Waals surface area (Å²) >= 11 is 5.71. The predicted molar refractivity (Wildman–Crippen MR) is 69.7 cm³/mol. The molecule has 0 aromatic heterocycles. The van der Waals surface area contributed by atoms with Crippen molar-refractivity contribution in [2.24, 2.45) is 0 Å². The molecule has 0 bridgehead atoms. The lowest BCUT2D eigenvalue weighted by atomic mass is 10.0. The van der Waals surface area contributed by atoms with Gasteiger partial charge in [0.25, 0.3) is 0 Å². The Morgan fingerprint density at radius 2 is 1.89 bits per heavy atom. The summed E-state index contributed by atoms with van der Waals surface area (Å²) in [6.07, 6.45) is 0. The number of halogens is 2. The van der Waals surface area contributed by atoms with E-state index < -0.39 is 5.82 Å². The molecule has 2 aromatic rings. The third-order valence-electron chi connectivity index (χ3n) is 2.51. The molecule has 0 fully saturated rings. The summed E-state index contributed by atoms with van der Waals surface area (Å²) < 4.78 is 18.4. The van der Waals surface area contributed by atoms with Crippen LogP contribution in [-0.4, -0.2) is 11.7 Å². The number of phenols is 1. The number of hydrogen-bond acceptors (Lipinski definition) is 2. The predicted octanol–water partition coefficient (Wildman–Crippen LogP) is 4.25. The zero-order valence-electron chi connectivity index (χ0n) is 9.78. The van der Waals surface area contributed by atoms with Crippen LogP contribution in [0.25, 0.3) is 11.1 Å². The second-order valence-electron chi connectivity index (χ2n) is 3.74. The summed E-state index contributed by atoms with van der Waals surface area (Å²) in [5.41, 5.74) is 1.24. The van der Waals surface area contributed by atoms with E-state index in [1.807, 2.05) is 6.92 Å². The normalized spacial score (nSPS) is 10.4. The molecule has 2 nitrogen and oxygen atoms in total. The minimum atomic E-state index is -0.635. The largest absolute Gasteiger partial charge is 0.507 e. The Morgan fingerprint density at radius 1 is 1.22 bits per heavy atom. The van der Waals surface area contributed by atoms with Crippen molar-refractivity contribution in [1.82, 2.24) is 0 Å². The molecule has 0 radical (unpaired) electrons. The highest BCUT2D eigenvalue weighted by Crippen LogP contribution is 2.34. The van der Waals surface area contributed by atoms with Gasteiger partial charge in [-0.2, -0.15) is 0 Å². The lowest BCUT2D eigenvalue weighted by molar-refractivity contribution is 0.340. The van der Waals surface area contributed by atoms with E-state index in [0.29, 0.717) is 12.2 Å². The lowest BCUT2D eigenvalue weighted by Gasteiger charge is -2.08. The molecule has 4 heteroatoms. The first-order chi connectivity index (χ1) is 8.61. The highest BCUT2D eigenvalue weighted by molar-refractivity contribution is 6.31. The van der Waals surface area contributed by atoms with E-state index in [1.54, 1.807) is 24.3 Å². The van der Waals surface area contributed by atoms with Crippen molar-refractivity contribution in [2.45, 2.75) is 6.92 Å². The molecular weight excluding hydrogens is 255 g/mol. The standard InChI is InChI=1S/C14H12ClFO2/c1-2-18-10-5-3-9(4-6-10)11-7-12(15)13(16)8-14(11)17/h3-8,17H,2H2,1H3. The summed E-state index contributed by atoms with van der Waals surface area (Å²) in [4.78, 5) is 0. The van der Waals surface area contributed by atoms with Gasteiger partial charge in [-0.3, -0.25) is 0 Å². The Morgan fingerprint density at radius 3 is 2.50 bits per heavy atom. The summed E-state index contributed by atoms with van der Waals surface area (Å²) in [5.74, 6) is -0.0288. The number of ether oxygens (including phenoxy) is 1. The Bertz CT molecular complexity index is 552. The van der Waals surface area contributed by atoms with Crippen LogP contribution in [0.5, 0.6) is 11.5 Å². The van der Waals surface area contributed by atoms with E-state index in [1.165, 1.54) is 6.07 Å². The highest BCUT2D eigenvalue weighted by Gasteiger charge is 2.09. The smallest absolute Gasteiger partial charge is 0.145 e. The SMILES string of the molecule is CCOc1ccc(-c2cc(Cl)c(F)cc2O)cc1. The van der Waals surface area contributed by atoms with Crippen molar-refractivity contribution in [1.29, 1.82) is 0 Å². The molecule has 94 valence electrons. The Hall–Kier alpha value is -1.74. The van der Waals surface area contributed by atoms with Gasteiger partial charge in [-0.05, 0) is 30.7 Å². The Kier molecular flexibility index (Phi) is 3.72. The van der Waals surface area contributed by atoms with Crippen molar-refractivity contribution < 1.29 is 14.2 Å². The highest BCUT2D eigenvalue weighted by atomic mass is 35.5. The summed E-state index contributed by atoms with van der Waals surface area (Å²) in [6.45, 7) is 2.49. The molecule has 0 aliphatic carbocycles. The average Bonchev–Trinajstić information content (AvgIpc) is 2.35. The first-order valence-corrected chi connectivity index (χ1v) is 5.91. The van der Waals surface area contributed by atoms with E-state index in [2.05, 4.69) is 0 Å². The van der Waals surface area contributed by atoms with Gasteiger partial charge in [0.2, 0.25) is 0 Å². The topological polar surface area (TPSA) is 29.5 Å². The van der Waals surface area contributed by atoms with Crippen LogP contribution >= 0.6 is 11.6 Å². The molecule has 0 heterocycles. The number of phenolic OH excluding ortho intramolecular Hbond substituents is 1. The molecule has 0 atom stereocenters. The zero-order chi connectivity index (χ0) is 13.1. The fourth-order valence-corrected chi connectivity index (χ4v) is 1.83. The number of aromatic hydroxyl groups is 1. The number of rotatable bonds is 3. The van der Waals surface area contributed by atoms with Gasteiger partial charge in [0.15, 0.2) is 0 Å². The fourth-order valence-electron chi connectivity index (χ4n) is 1.66. The molecular formula is C14H12ClFO2. The van der Waals surface area contributed by atoms with E-state index in [0.717, 1.165) is 17.4 Å². The first kappa shape index (κ1) is 12.7. The molecule has 0 amide bonds. The van der Waals surface area contributed by atoms with Crippen LogP contribution in [0.3, 0.4) is 0 Å². The third-order valence-corrected chi connectivity index (χ3v) is 2.80. The van der Waals surface area contributed by atoms with Crippen molar-refractivity contribution >= 4 is 11.6 Å². The van der Waals surface area contributed by atoms with Crippen molar-refractivity contribution in [3.63, 3.8) is 0 Å². The fraction of sp³-hybridized carbons (Fsp3) is 0.143.